The Hall–Kier alpha value is -1.50. The molecule has 24 heavy (non-hydrogen) atoms. The number of fused-ring (bicyclic) bond motifs is 3. The van der Waals surface area contributed by atoms with E-state index in [1.54, 1.807) is 22.7 Å². The summed E-state index contributed by atoms with van der Waals surface area (Å²) >= 11 is 3.49. The van der Waals surface area contributed by atoms with E-state index in [9.17, 15) is 4.79 Å². The first-order valence-corrected chi connectivity index (χ1v) is 10.2. The summed E-state index contributed by atoms with van der Waals surface area (Å²) in [5, 5.41) is 2.95. The minimum absolute atomic E-state index is 0.0431. The number of aromatic amines is 1. The maximum absolute atomic E-state index is 12.6. The molecule has 3 heterocycles. The second-order valence-corrected chi connectivity index (χ2v) is 8.40. The summed E-state index contributed by atoms with van der Waals surface area (Å²) in [6, 6.07) is 4.23. The third-order valence-electron chi connectivity index (χ3n) is 4.65. The van der Waals surface area contributed by atoms with Gasteiger partial charge in [0.15, 0.2) is 0 Å². The van der Waals surface area contributed by atoms with Gasteiger partial charge in [-0.15, -0.1) is 22.7 Å². The fraction of sp³-hybridized carbons (Fsp3) is 0.444. The molecular formula is C18H21N3OS2. The molecule has 3 aromatic rings. The summed E-state index contributed by atoms with van der Waals surface area (Å²) in [5.41, 5.74) is 1.30. The summed E-state index contributed by atoms with van der Waals surface area (Å²) in [4.78, 5) is 26.4. The molecule has 1 aliphatic carbocycles. The van der Waals surface area contributed by atoms with Crippen molar-refractivity contribution in [2.24, 2.45) is 0 Å². The number of aromatic nitrogens is 2. The molecule has 0 atom stereocenters. The molecule has 0 bridgehead atoms. The molecule has 3 aromatic heterocycles. The van der Waals surface area contributed by atoms with Crippen molar-refractivity contribution in [3.8, 4) is 0 Å². The molecule has 0 aromatic carbocycles. The summed E-state index contributed by atoms with van der Waals surface area (Å²) in [5.74, 6) is 0.782. The largest absolute Gasteiger partial charge is 0.309 e. The normalized spacial score (nSPS) is 14.4. The SMILES string of the molecule is CCN(Cc1nc2sc3c(c2c(=O)[nH]1)CCCC3)Cc1cccs1. The Bertz CT molecular complexity index is 895. The van der Waals surface area contributed by atoms with Crippen molar-refractivity contribution in [3.63, 3.8) is 0 Å². The monoisotopic (exact) mass is 359 g/mol. The molecule has 0 radical (unpaired) electrons. The van der Waals surface area contributed by atoms with Crippen LogP contribution in [0.3, 0.4) is 0 Å². The van der Waals surface area contributed by atoms with Crippen LogP contribution in [0.1, 0.15) is 40.9 Å². The van der Waals surface area contributed by atoms with Crippen molar-refractivity contribution in [3.05, 3.63) is 49.0 Å². The van der Waals surface area contributed by atoms with Crippen molar-refractivity contribution in [2.45, 2.75) is 45.7 Å². The minimum Gasteiger partial charge on any atom is -0.309 e. The van der Waals surface area contributed by atoms with Crippen LogP contribution in [0.4, 0.5) is 0 Å². The Labute approximate surface area is 149 Å². The van der Waals surface area contributed by atoms with Crippen molar-refractivity contribution in [1.82, 2.24) is 14.9 Å². The number of hydrogen-bond donors (Lipinski definition) is 1. The Kier molecular flexibility index (Phi) is 4.52. The Balaban J connectivity index is 1.63. The number of thiophene rings is 2. The maximum Gasteiger partial charge on any atom is 0.259 e. The average Bonchev–Trinajstić information content (AvgIpc) is 3.21. The van der Waals surface area contributed by atoms with Gasteiger partial charge < -0.3 is 4.98 Å². The minimum atomic E-state index is 0.0431. The van der Waals surface area contributed by atoms with Crippen LogP contribution in [0.25, 0.3) is 10.2 Å². The maximum atomic E-state index is 12.6. The van der Waals surface area contributed by atoms with Crippen molar-refractivity contribution < 1.29 is 0 Å². The van der Waals surface area contributed by atoms with Crippen molar-refractivity contribution >= 4 is 32.9 Å². The van der Waals surface area contributed by atoms with Gasteiger partial charge in [-0.05, 0) is 49.2 Å². The predicted octanol–water partition coefficient (Wildman–Crippen LogP) is 3.95. The summed E-state index contributed by atoms with van der Waals surface area (Å²) in [7, 11) is 0. The lowest BCUT2D eigenvalue weighted by atomic mass is 9.97. The second kappa shape index (κ2) is 6.78. The highest BCUT2D eigenvalue weighted by molar-refractivity contribution is 7.18. The summed E-state index contributed by atoms with van der Waals surface area (Å²) < 4.78 is 0. The highest BCUT2D eigenvalue weighted by Crippen LogP contribution is 2.33. The van der Waals surface area contributed by atoms with Crippen LogP contribution in [-0.2, 0) is 25.9 Å². The van der Waals surface area contributed by atoms with Gasteiger partial charge in [0, 0.05) is 16.3 Å². The fourth-order valence-electron chi connectivity index (χ4n) is 3.40. The summed E-state index contributed by atoms with van der Waals surface area (Å²) in [6.45, 7) is 4.66. The first-order valence-electron chi connectivity index (χ1n) is 8.52. The fourth-order valence-corrected chi connectivity index (χ4v) is 5.42. The Morgan fingerprint density at radius 2 is 2.17 bits per heavy atom. The zero-order valence-corrected chi connectivity index (χ0v) is 15.4. The van der Waals surface area contributed by atoms with E-state index >= 15 is 0 Å². The van der Waals surface area contributed by atoms with Gasteiger partial charge in [0.05, 0.1) is 11.9 Å². The van der Waals surface area contributed by atoms with Gasteiger partial charge in [0.2, 0.25) is 0 Å². The van der Waals surface area contributed by atoms with E-state index < -0.39 is 0 Å². The van der Waals surface area contributed by atoms with E-state index in [0.29, 0.717) is 6.54 Å². The number of H-pyrrole nitrogens is 1. The van der Waals surface area contributed by atoms with Crippen LogP contribution in [0, 0.1) is 0 Å². The second-order valence-electron chi connectivity index (χ2n) is 6.29. The lowest BCUT2D eigenvalue weighted by Gasteiger charge is -2.18. The third kappa shape index (κ3) is 3.06. The van der Waals surface area contributed by atoms with E-state index in [1.165, 1.54) is 28.2 Å². The number of nitrogens with zero attached hydrogens (tertiary/aromatic N) is 2. The first kappa shape index (κ1) is 16.0. The van der Waals surface area contributed by atoms with Crippen molar-refractivity contribution in [2.75, 3.05) is 6.54 Å². The molecule has 0 saturated carbocycles. The summed E-state index contributed by atoms with van der Waals surface area (Å²) in [6.07, 6.45) is 4.54. The number of rotatable bonds is 5. The van der Waals surface area contributed by atoms with E-state index in [2.05, 4.69) is 34.3 Å². The molecule has 6 heteroatoms. The molecule has 0 aliphatic heterocycles. The number of nitrogens with one attached hydrogen (secondary N) is 1. The molecular weight excluding hydrogens is 338 g/mol. The van der Waals surface area contributed by atoms with Gasteiger partial charge in [-0.3, -0.25) is 9.69 Å². The van der Waals surface area contributed by atoms with E-state index in [1.807, 2.05) is 0 Å². The average molecular weight is 360 g/mol. The topological polar surface area (TPSA) is 49.0 Å². The van der Waals surface area contributed by atoms with Gasteiger partial charge in [-0.2, -0.15) is 0 Å². The zero-order valence-electron chi connectivity index (χ0n) is 13.8. The molecule has 1 aliphatic rings. The zero-order chi connectivity index (χ0) is 16.5. The Morgan fingerprint density at radius 3 is 2.96 bits per heavy atom. The van der Waals surface area contributed by atoms with Crippen LogP contribution >= 0.6 is 22.7 Å². The molecule has 0 spiro atoms. The molecule has 1 N–H and O–H groups in total. The molecule has 4 rings (SSSR count). The van der Waals surface area contributed by atoms with E-state index in [4.69, 9.17) is 4.98 Å². The van der Waals surface area contributed by atoms with Crippen LogP contribution < -0.4 is 5.56 Å². The molecule has 126 valence electrons. The van der Waals surface area contributed by atoms with Crippen LogP contribution in [0.15, 0.2) is 22.3 Å². The highest BCUT2D eigenvalue weighted by atomic mass is 32.1. The van der Waals surface area contributed by atoms with Gasteiger partial charge in [-0.25, -0.2) is 4.98 Å². The third-order valence-corrected chi connectivity index (χ3v) is 6.70. The molecule has 0 fully saturated rings. The highest BCUT2D eigenvalue weighted by Gasteiger charge is 2.20. The molecule has 0 unspecified atom stereocenters. The predicted molar refractivity (Wildman–Crippen MR) is 101 cm³/mol. The molecule has 0 amide bonds. The smallest absolute Gasteiger partial charge is 0.259 e. The lowest BCUT2D eigenvalue weighted by molar-refractivity contribution is 0.267. The van der Waals surface area contributed by atoms with Gasteiger partial charge in [-0.1, -0.05) is 13.0 Å². The quantitative estimate of drug-likeness (QED) is 0.750. The van der Waals surface area contributed by atoms with Crippen LogP contribution in [0.5, 0.6) is 0 Å². The standard InChI is InChI=1S/C18H21N3OS2/c1-2-21(10-12-6-5-9-23-12)11-15-19-17(22)16-13-7-3-4-8-14(13)24-18(16)20-15/h5-6,9H,2-4,7-8,10-11H2,1H3,(H,19,20,22). The van der Waals surface area contributed by atoms with Gasteiger partial charge in [0.1, 0.15) is 10.7 Å². The number of aryl methyl sites for hydroxylation is 2. The first-order chi connectivity index (χ1) is 11.7. The van der Waals surface area contributed by atoms with Crippen LogP contribution in [-0.4, -0.2) is 21.4 Å². The van der Waals surface area contributed by atoms with E-state index in [0.717, 1.165) is 42.0 Å². The number of hydrogen-bond acceptors (Lipinski definition) is 5. The van der Waals surface area contributed by atoms with Crippen molar-refractivity contribution in [1.29, 1.82) is 0 Å². The molecule has 0 saturated heterocycles. The lowest BCUT2D eigenvalue weighted by Crippen LogP contribution is -2.25. The van der Waals surface area contributed by atoms with Crippen LogP contribution in [0.2, 0.25) is 0 Å². The van der Waals surface area contributed by atoms with Gasteiger partial charge in [0.25, 0.3) is 5.56 Å². The Morgan fingerprint density at radius 1 is 1.29 bits per heavy atom. The molecule has 4 nitrogen and oxygen atoms in total. The van der Waals surface area contributed by atoms with E-state index in [-0.39, 0.29) is 5.56 Å². The van der Waals surface area contributed by atoms with Gasteiger partial charge >= 0.3 is 0 Å².